The molecule has 0 radical (unpaired) electrons. The van der Waals surface area contributed by atoms with Gasteiger partial charge >= 0.3 is 0 Å². The Kier molecular flexibility index (Phi) is 2.61. The Hall–Kier alpha value is -1.17. The molecule has 88 valence electrons. The van der Waals surface area contributed by atoms with Crippen LogP contribution in [0.15, 0.2) is 18.3 Å². The molecule has 0 bridgehead atoms. The van der Waals surface area contributed by atoms with Crippen LogP contribution in [0.5, 0.6) is 0 Å². The molecule has 1 saturated heterocycles. The van der Waals surface area contributed by atoms with E-state index in [9.17, 15) is 12.8 Å². The lowest BCUT2D eigenvalue weighted by atomic mass is 10.0. The van der Waals surface area contributed by atoms with Gasteiger partial charge in [-0.1, -0.05) is 0 Å². The van der Waals surface area contributed by atoms with Crippen LogP contribution in [0.2, 0.25) is 0 Å². The van der Waals surface area contributed by atoms with Gasteiger partial charge in [0.25, 0.3) is 0 Å². The summed E-state index contributed by atoms with van der Waals surface area (Å²) in [5, 5.41) is 3.05. The number of pyridine rings is 1. The number of nitrogens with zero attached hydrogens (tertiary/aromatic N) is 1. The molecule has 2 rings (SSSR count). The zero-order valence-corrected chi connectivity index (χ0v) is 9.72. The van der Waals surface area contributed by atoms with E-state index >= 15 is 0 Å². The van der Waals surface area contributed by atoms with Crippen molar-refractivity contribution < 1.29 is 12.8 Å². The largest absolute Gasteiger partial charge is 0.379 e. The van der Waals surface area contributed by atoms with E-state index < -0.39 is 21.3 Å². The molecule has 1 atom stereocenters. The lowest BCUT2D eigenvalue weighted by molar-refractivity contribution is 0.567. The van der Waals surface area contributed by atoms with Gasteiger partial charge in [-0.15, -0.1) is 0 Å². The van der Waals surface area contributed by atoms with Crippen LogP contribution in [0.4, 0.5) is 10.1 Å². The molecule has 1 fully saturated rings. The van der Waals surface area contributed by atoms with Crippen molar-refractivity contribution in [1.29, 1.82) is 0 Å². The molecule has 1 aliphatic rings. The molecule has 1 N–H and O–H groups in total. The van der Waals surface area contributed by atoms with E-state index in [0.29, 0.717) is 12.1 Å². The molecule has 6 heteroatoms. The molecule has 0 saturated carbocycles. The molecular weight excluding hydrogens is 231 g/mol. The standard InChI is InChI=1S/C10H13FN2O2S/c1-10(3-5-16(14,15)7-10)13-8-2-4-12-9(11)6-8/h2,4,6H,3,5,7H2,1H3,(H,12,13). The first kappa shape index (κ1) is 11.3. The van der Waals surface area contributed by atoms with Crippen molar-refractivity contribution in [2.45, 2.75) is 18.9 Å². The summed E-state index contributed by atoms with van der Waals surface area (Å²) < 4.78 is 35.6. The quantitative estimate of drug-likeness (QED) is 0.794. The van der Waals surface area contributed by atoms with Crippen molar-refractivity contribution >= 4 is 15.5 Å². The van der Waals surface area contributed by atoms with Gasteiger partial charge in [0, 0.05) is 23.5 Å². The first-order valence-electron chi connectivity index (χ1n) is 4.99. The van der Waals surface area contributed by atoms with Crippen LogP contribution in [0.3, 0.4) is 0 Å². The minimum Gasteiger partial charge on any atom is -0.379 e. The number of halogens is 1. The predicted molar refractivity (Wildman–Crippen MR) is 59.5 cm³/mol. The third-order valence-electron chi connectivity index (χ3n) is 2.68. The molecule has 0 spiro atoms. The highest BCUT2D eigenvalue weighted by Gasteiger charge is 2.38. The fraction of sp³-hybridized carbons (Fsp3) is 0.500. The van der Waals surface area contributed by atoms with E-state index in [-0.39, 0.29) is 11.5 Å². The van der Waals surface area contributed by atoms with Crippen LogP contribution in [-0.2, 0) is 9.84 Å². The second kappa shape index (κ2) is 3.69. The van der Waals surface area contributed by atoms with E-state index in [1.165, 1.54) is 12.3 Å². The van der Waals surface area contributed by atoms with Gasteiger partial charge in [0.05, 0.1) is 11.5 Å². The molecule has 1 aromatic rings. The number of sulfone groups is 1. The Bertz CT molecular complexity index is 503. The minimum atomic E-state index is -2.96. The Morgan fingerprint density at radius 1 is 1.56 bits per heavy atom. The summed E-state index contributed by atoms with van der Waals surface area (Å²) in [7, 11) is -2.96. The maximum atomic E-state index is 12.8. The molecule has 1 aromatic heterocycles. The smallest absolute Gasteiger partial charge is 0.214 e. The number of hydrogen-bond donors (Lipinski definition) is 1. The highest BCUT2D eigenvalue weighted by Crippen LogP contribution is 2.27. The SMILES string of the molecule is CC1(Nc2ccnc(F)c2)CCS(=O)(=O)C1. The van der Waals surface area contributed by atoms with Crippen molar-refractivity contribution in [3.63, 3.8) is 0 Å². The minimum absolute atomic E-state index is 0.0872. The Morgan fingerprint density at radius 3 is 2.88 bits per heavy atom. The molecule has 0 aliphatic carbocycles. The Labute approximate surface area is 93.8 Å². The Morgan fingerprint density at radius 2 is 2.31 bits per heavy atom. The predicted octanol–water partition coefficient (Wildman–Crippen LogP) is 1.21. The average Bonchev–Trinajstić information content (AvgIpc) is 2.40. The zero-order chi connectivity index (χ0) is 11.8. The summed E-state index contributed by atoms with van der Waals surface area (Å²) in [4.78, 5) is 3.44. The van der Waals surface area contributed by atoms with Gasteiger partial charge in [-0.25, -0.2) is 13.4 Å². The lowest BCUT2D eigenvalue weighted by Crippen LogP contribution is -2.35. The van der Waals surface area contributed by atoms with E-state index in [1.54, 1.807) is 6.07 Å². The molecule has 0 aromatic carbocycles. The van der Waals surface area contributed by atoms with Crippen molar-refractivity contribution in [2.75, 3.05) is 16.8 Å². The normalized spacial score (nSPS) is 27.9. The first-order chi connectivity index (χ1) is 7.39. The summed E-state index contributed by atoms with van der Waals surface area (Å²) in [6, 6.07) is 2.88. The second-order valence-electron chi connectivity index (χ2n) is 4.39. The monoisotopic (exact) mass is 244 g/mol. The van der Waals surface area contributed by atoms with Gasteiger partial charge in [-0.2, -0.15) is 4.39 Å². The number of aromatic nitrogens is 1. The van der Waals surface area contributed by atoms with Crippen LogP contribution in [0.1, 0.15) is 13.3 Å². The molecular formula is C10H13FN2O2S. The van der Waals surface area contributed by atoms with E-state index in [0.717, 1.165) is 0 Å². The van der Waals surface area contributed by atoms with E-state index in [4.69, 9.17) is 0 Å². The van der Waals surface area contributed by atoms with Gasteiger partial charge in [-0.3, -0.25) is 0 Å². The van der Waals surface area contributed by atoms with Gasteiger partial charge in [0.2, 0.25) is 5.95 Å². The van der Waals surface area contributed by atoms with Crippen LogP contribution < -0.4 is 5.32 Å². The molecule has 4 nitrogen and oxygen atoms in total. The summed E-state index contributed by atoms with van der Waals surface area (Å²) in [5.74, 6) is -0.303. The summed E-state index contributed by atoms with van der Waals surface area (Å²) >= 11 is 0. The first-order valence-corrected chi connectivity index (χ1v) is 6.81. The van der Waals surface area contributed by atoms with Crippen LogP contribution in [-0.4, -0.2) is 30.4 Å². The fourth-order valence-electron chi connectivity index (χ4n) is 1.94. The van der Waals surface area contributed by atoms with Crippen LogP contribution in [0.25, 0.3) is 0 Å². The third-order valence-corrected chi connectivity index (χ3v) is 4.58. The molecule has 1 aliphatic heterocycles. The number of hydrogen-bond acceptors (Lipinski definition) is 4. The van der Waals surface area contributed by atoms with Gasteiger partial charge in [-0.05, 0) is 19.4 Å². The van der Waals surface area contributed by atoms with Crippen LogP contribution in [0, 0.1) is 5.95 Å². The maximum Gasteiger partial charge on any atom is 0.214 e. The van der Waals surface area contributed by atoms with Crippen molar-refractivity contribution in [3.05, 3.63) is 24.3 Å². The summed E-state index contributed by atoms with van der Waals surface area (Å²) in [6.07, 6.45) is 1.89. The number of rotatable bonds is 2. The summed E-state index contributed by atoms with van der Waals surface area (Å²) in [6.45, 7) is 1.83. The number of nitrogens with one attached hydrogen (secondary N) is 1. The molecule has 16 heavy (non-hydrogen) atoms. The Balaban J connectivity index is 2.16. The van der Waals surface area contributed by atoms with Gasteiger partial charge < -0.3 is 5.32 Å². The lowest BCUT2D eigenvalue weighted by Gasteiger charge is -2.25. The fourth-order valence-corrected chi connectivity index (χ4v) is 4.03. The van der Waals surface area contributed by atoms with Gasteiger partial charge in [0.1, 0.15) is 0 Å². The summed E-state index contributed by atoms with van der Waals surface area (Å²) in [5.41, 5.74) is 0.0548. The van der Waals surface area contributed by atoms with Crippen molar-refractivity contribution in [2.24, 2.45) is 0 Å². The average molecular weight is 244 g/mol. The number of anilines is 1. The molecule has 1 unspecified atom stereocenters. The van der Waals surface area contributed by atoms with Crippen molar-refractivity contribution in [3.8, 4) is 0 Å². The molecule has 0 amide bonds. The maximum absolute atomic E-state index is 12.8. The van der Waals surface area contributed by atoms with Crippen LogP contribution >= 0.6 is 0 Å². The highest BCUT2D eigenvalue weighted by molar-refractivity contribution is 7.91. The highest BCUT2D eigenvalue weighted by atomic mass is 32.2. The van der Waals surface area contributed by atoms with E-state index in [1.807, 2.05) is 6.92 Å². The van der Waals surface area contributed by atoms with Crippen molar-refractivity contribution in [1.82, 2.24) is 4.98 Å². The third kappa shape index (κ3) is 2.49. The topological polar surface area (TPSA) is 59.1 Å². The van der Waals surface area contributed by atoms with E-state index in [2.05, 4.69) is 10.3 Å². The second-order valence-corrected chi connectivity index (χ2v) is 6.58. The van der Waals surface area contributed by atoms with Gasteiger partial charge in [0.15, 0.2) is 9.84 Å². The molecule has 2 heterocycles. The zero-order valence-electron chi connectivity index (χ0n) is 8.90.